The fourth-order valence-electron chi connectivity index (χ4n) is 3.37. The van der Waals surface area contributed by atoms with E-state index >= 15 is 0 Å². The molecular formula is C17H17N3O4S3. The first kappa shape index (κ1) is 18.4. The van der Waals surface area contributed by atoms with Crippen LogP contribution < -0.4 is 11.2 Å². The van der Waals surface area contributed by atoms with Crippen molar-refractivity contribution in [3.63, 3.8) is 0 Å². The molecule has 0 bridgehead atoms. The number of sulfonamides is 1. The molecule has 0 radical (unpaired) electrons. The summed E-state index contributed by atoms with van der Waals surface area (Å²) in [5, 5.41) is 3.87. The largest absolute Gasteiger partial charge is 0.330 e. The number of thiophene rings is 2. The Morgan fingerprint density at radius 1 is 1.11 bits per heavy atom. The van der Waals surface area contributed by atoms with Crippen LogP contribution in [0, 0.1) is 0 Å². The molecule has 0 fully saturated rings. The van der Waals surface area contributed by atoms with Gasteiger partial charge in [-0.15, -0.1) is 22.7 Å². The molecule has 4 rings (SSSR count). The second-order valence-electron chi connectivity index (χ2n) is 6.33. The minimum absolute atomic E-state index is 0.282. The molecule has 0 amide bonds. The summed E-state index contributed by atoms with van der Waals surface area (Å²) in [5.41, 5.74) is -0.411. The molecule has 4 heterocycles. The maximum Gasteiger partial charge on any atom is 0.330 e. The van der Waals surface area contributed by atoms with Gasteiger partial charge in [0.25, 0.3) is 15.6 Å². The zero-order chi connectivity index (χ0) is 19.3. The molecule has 0 N–H and O–H groups in total. The van der Waals surface area contributed by atoms with E-state index in [0.29, 0.717) is 6.42 Å². The zero-order valence-electron chi connectivity index (χ0n) is 14.7. The topological polar surface area (TPSA) is 81.4 Å². The van der Waals surface area contributed by atoms with Crippen molar-refractivity contribution >= 4 is 32.7 Å². The molecule has 7 nitrogen and oxygen atoms in total. The lowest BCUT2D eigenvalue weighted by molar-refractivity contribution is 0.349. The third-order valence-corrected chi connectivity index (χ3v) is 8.50. The molecule has 27 heavy (non-hydrogen) atoms. The Balaban J connectivity index is 1.92. The van der Waals surface area contributed by atoms with Crippen molar-refractivity contribution in [2.24, 2.45) is 14.1 Å². The van der Waals surface area contributed by atoms with Crippen LogP contribution in [0.3, 0.4) is 0 Å². The Labute approximate surface area is 163 Å². The quantitative estimate of drug-likeness (QED) is 0.640. The average Bonchev–Trinajstić information content (AvgIpc) is 3.33. The van der Waals surface area contributed by atoms with Crippen molar-refractivity contribution in [3.05, 3.63) is 71.3 Å². The van der Waals surface area contributed by atoms with Crippen LogP contribution in [0.1, 0.15) is 21.4 Å². The first-order valence-electron chi connectivity index (χ1n) is 8.20. The summed E-state index contributed by atoms with van der Waals surface area (Å²) in [4.78, 5) is 26.2. The summed E-state index contributed by atoms with van der Waals surface area (Å²) in [6, 6.07) is 5.28. The fourth-order valence-corrected chi connectivity index (χ4v) is 6.94. The molecule has 10 heteroatoms. The standard InChI is InChI=1S/C17H17N3O4S3/c1-18-10-14(16(21)19(2)17(18)22)27(23,24)20-7-5-12-11(6-9-26-12)15(20)13-4-3-8-25-13/h3-4,6,8-10,15H,5,7H2,1-2H3/t15-/m1/s1. The lowest BCUT2D eigenvalue weighted by Gasteiger charge is -2.34. The Kier molecular flexibility index (Phi) is 4.46. The number of hydrogen-bond donors (Lipinski definition) is 0. The summed E-state index contributed by atoms with van der Waals surface area (Å²) in [7, 11) is -1.38. The SMILES string of the molecule is Cn1cc(S(=O)(=O)N2CCc3sccc3[C@@H]2c2cccs2)c(=O)n(C)c1=O. The highest BCUT2D eigenvalue weighted by molar-refractivity contribution is 7.89. The molecule has 0 saturated heterocycles. The molecule has 1 aliphatic heterocycles. The summed E-state index contributed by atoms with van der Waals surface area (Å²) in [6.07, 6.45) is 1.72. The van der Waals surface area contributed by atoms with Crippen LogP contribution in [-0.2, 0) is 30.5 Å². The number of aryl methyl sites for hydroxylation is 1. The number of aromatic nitrogens is 2. The minimum atomic E-state index is -4.10. The van der Waals surface area contributed by atoms with Gasteiger partial charge < -0.3 is 4.57 Å². The highest BCUT2D eigenvalue weighted by Gasteiger charge is 2.40. The first-order chi connectivity index (χ1) is 12.8. The predicted octanol–water partition coefficient (Wildman–Crippen LogP) is 1.54. The number of fused-ring (bicyclic) bond motifs is 1. The Morgan fingerprint density at radius 2 is 1.89 bits per heavy atom. The van der Waals surface area contributed by atoms with Crippen LogP contribution in [0.25, 0.3) is 0 Å². The molecule has 0 aliphatic carbocycles. The molecule has 0 unspecified atom stereocenters. The maximum absolute atomic E-state index is 13.5. The molecular weight excluding hydrogens is 406 g/mol. The van der Waals surface area contributed by atoms with Gasteiger partial charge >= 0.3 is 5.69 Å². The van der Waals surface area contributed by atoms with Gasteiger partial charge in [-0.25, -0.2) is 13.2 Å². The number of hydrogen-bond acceptors (Lipinski definition) is 6. The van der Waals surface area contributed by atoms with Crippen molar-refractivity contribution in [2.45, 2.75) is 17.4 Å². The minimum Gasteiger partial charge on any atom is -0.302 e. The van der Waals surface area contributed by atoms with Gasteiger partial charge in [-0.1, -0.05) is 6.07 Å². The van der Waals surface area contributed by atoms with Gasteiger partial charge in [0.05, 0.1) is 6.04 Å². The summed E-state index contributed by atoms with van der Waals surface area (Å²) < 4.78 is 30.3. The molecule has 1 aliphatic rings. The van der Waals surface area contributed by atoms with Crippen LogP contribution in [0.5, 0.6) is 0 Å². The average molecular weight is 424 g/mol. The molecule has 3 aromatic heterocycles. The van der Waals surface area contributed by atoms with E-state index in [0.717, 1.165) is 30.6 Å². The van der Waals surface area contributed by atoms with Crippen LogP contribution in [0.15, 0.2) is 49.6 Å². The third kappa shape index (κ3) is 2.83. The van der Waals surface area contributed by atoms with E-state index in [1.807, 2.05) is 29.0 Å². The smallest absolute Gasteiger partial charge is 0.302 e. The van der Waals surface area contributed by atoms with E-state index in [2.05, 4.69) is 0 Å². The molecule has 3 aromatic rings. The Morgan fingerprint density at radius 3 is 2.59 bits per heavy atom. The van der Waals surface area contributed by atoms with Crippen LogP contribution >= 0.6 is 22.7 Å². The van der Waals surface area contributed by atoms with E-state index in [4.69, 9.17) is 0 Å². The number of rotatable bonds is 3. The van der Waals surface area contributed by atoms with Crippen molar-refractivity contribution in [1.82, 2.24) is 13.4 Å². The van der Waals surface area contributed by atoms with E-state index < -0.39 is 27.3 Å². The summed E-state index contributed by atoms with van der Waals surface area (Å²) in [5.74, 6) is 0. The van der Waals surface area contributed by atoms with Gasteiger partial charge in [0.1, 0.15) is 0 Å². The summed E-state index contributed by atoms with van der Waals surface area (Å²) >= 11 is 3.10. The molecule has 0 saturated carbocycles. The van der Waals surface area contributed by atoms with Crippen molar-refractivity contribution < 1.29 is 8.42 Å². The van der Waals surface area contributed by atoms with Gasteiger partial charge in [-0.3, -0.25) is 9.36 Å². The lowest BCUT2D eigenvalue weighted by Crippen LogP contribution is -2.45. The van der Waals surface area contributed by atoms with Gasteiger partial charge in [0.2, 0.25) is 0 Å². The van der Waals surface area contributed by atoms with E-state index in [-0.39, 0.29) is 11.4 Å². The normalized spacial score (nSPS) is 17.8. The van der Waals surface area contributed by atoms with Gasteiger partial charge in [-0.2, -0.15) is 4.31 Å². The van der Waals surface area contributed by atoms with E-state index in [1.165, 1.54) is 29.7 Å². The highest BCUT2D eigenvalue weighted by Crippen LogP contribution is 2.41. The lowest BCUT2D eigenvalue weighted by atomic mass is 10.0. The summed E-state index contributed by atoms with van der Waals surface area (Å²) in [6.45, 7) is 0.282. The van der Waals surface area contributed by atoms with Crippen LogP contribution in [0.2, 0.25) is 0 Å². The second-order valence-corrected chi connectivity index (χ2v) is 10.2. The van der Waals surface area contributed by atoms with E-state index in [1.54, 1.807) is 11.3 Å². The van der Waals surface area contributed by atoms with Gasteiger partial charge in [0.15, 0.2) is 4.90 Å². The van der Waals surface area contributed by atoms with Gasteiger partial charge in [-0.05, 0) is 34.9 Å². The Hall–Kier alpha value is -2.01. The highest BCUT2D eigenvalue weighted by atomic mass is 32.2. The van der Waals surface area contributed by atoms with Crippen molar-refractivity contribution in [1.29, 1.82) is 0 Å². The monoisotopic (exact) mass is 423 g/mol. The zero-order valence-corrected chi connectivity index (χ0v) is 17.1. The predicted molar refractivity (Wildman–Crippen MR) is 105 cm³/mol. The molecule has 1 atom stereocenters. The Bertz CT molecular complexity index is 1220. The first-order valence-corrected chi connectivity index (χ1v) is 11.4. The van der Waals surface area contributed by atoms with Crippen LogP contribution in [0.4, 0.5) is 0 Å². The van der Waals surface area contributed by atoms with Crippen molar-refractivity contribution in [2.75, 3.05) is 6.54 Å². The second kappa shape index (κ2) is 6.55. The van der Waals surface area contributed by atoms with E-state index in [9.17, 15) is 18.0 Å². The molecule has 0 aromatic carbocycles. The van der Waals surface area contributed by atoms with Crippen LogP contribution in [-0.4, -0.2) is 28.4 Å². The maximum atomic E-state index is 13.5. The van der Waals surface area contributed by atoms with Crippen molar-refractivity contribution in [3.8, 4) is 0 Å². The fraction of sp³-hybridized carbons (Fsp3) is 0.294. The molecule has 0 spiro atoms. The number of nitrogens with zero attached hydrogens (tertiary/aromatic N) is 3. The third-order valence-electron chi connectivity index (χ3n) is 4.74. The molecule has 142 valence electrons. The van der Waals surface area contributed by atoms with Gasteiger partial charge in [0, 0.05) is 36.6 Å².